The first-order valence-corrected chi connectivity index (χ1v) is 8.17. The summed E-state index contributed by atoms with van der Waals surface area (Å²) in [7, 11) is 0. The molecule has 5 heteroatoms. The van der Waals surface area contributed by atoms with Crippen molar-refractivity contribution in [3.63, 3.8) is 0 Å². The summed E-state index contributed by atoms with van der Waals surface area (Å²) in [6.07, 6.45) is 1.46. The monoisotopic (exact) mass is 343 g/mol. The largest absolute Gasteiger partial charge is 0.455 e. The van der Waals surface area contributed by atoms with Crippen LogP contribution in [-0.4, -0.2) is 18.5 Å². The summed E-state index contributed by atoms with van der Waals surface area (Å²) < 4.78 is 5.23. The summed E-state index contributed by atoms with van der Waals surface area (Å²) in [5.74, 6) is -0.704. The van der Waals surface area contributed by atoms with Crippen LogP contribution in [0.5, 0.6) is 0 Å². The molecule has 1 fully saturated rings. The highest BCUT2D eigenvalue weighted by molar-refractivity contribution is 6.30. The molecule has 0 heterocycles. The van der Waals surface area contributed by atoms with Crippen molar-refractivity contribution in [2.24, 2.45) is 0 Å². The number of hydrogen-bond acceptors (Lipinski definition) is 3. The van der Waals surface area contributed by atoms with E-state index in [0.717, 1.165) is 24.0 Å². The van der Waals surface area contributed by atoms with Crippen molar-refractivity contribution in [1.29, 1.82) is 0 Å². The highest BCUT2D eigenvalue weighted by Crippen LogP contribution is 2.49. The number of rotatable bonds is 5. The number of amides is 1. The van der Waals surface area contributed by atoms with E-state index >= 15 is 0 Å². The van der Waals surface area contributed by atoms with Gasteiger partial charge >= 0.3 is 5.97 Å². The van der Waals surface area contributed by atoms with E-state index in [9.17, 15) is 9.59 Å². The molecule has 1 saturated carbocycles. The Kier molecular flexibility index (Phi) is 4.58. The van der Waals surface area contributed by atoms with Gasteiger partial charge in [-0.2, -0.15) is 0 Å². The molecule has 1 N–H and O–H groups in total. The molecule has 0 radical (unpaired) electrons. The number of halogens is 1. The van der Waals surface area contributed by atoms with Gasteiger partial charge in [-0.25, -0.2) is 0 Å². The predicted octanol–water partition coefficient (Wildman–Crippen LogP) is 3.86. The number of hydrogen-bond donors (Lipinski definition) is 1. The molecule has 1 aliphatic rings. The zero-order valence-electron chi connectivity index (χ0n) is 13.3. The average molecular weight is 344 g/mol. The number of carbonyl (C=O) groups excluding carboxylic acids is 2. The van der Waals surface area contributed by atoms with E-state index in [1.807, 2.05) is 37.3 Å². The average Bonchev–Trinajstić information content (AvgIpc) is 3.35. The van der Waals surface area contributed by atoms with Gasteiger partial charge in [-0.1, -0.05) is 35.9 Å². The van der Waals surface area contributed by atoms with Gasteiger partial charge in [0.05, 0.1) is 5.41 Å². The molecule has 1 amide bonds. The lowest BCUT2D eigenvalue weighted by atomic mass is 9.96. The lowest BCUT2D eigenvalue weighted by Crippen LogP contribution is -2.28. The number of nitrogens with one attached hydrogen (secondary N) is 1. The molecule has 4 nitrogen and oxygen atoms in total. The van der Waals surface area contributed by atoms with Crippen LogP contribution in [0.25, 0.3) is 0 Å². The summed E-state index contributed by atoms with van der Waals surface area (Å²) in [5.41, 5.74) is 2.00. The van der Waals surface area contributed by atoms with E-state index in [1.165, 1.54) is 0 Å². The number of benzene rings is 2. The van der Waals surface area contributed by atoms with Crippen LogP contribution >= 0.6 is 11.6 Å². The SMILES string of the molecule is Cc1cccc(NC(=O)COC(=O)C2(c3ccc(Cl)cc3)CC2)c1. The molecule has 3 rings (SSSR count). The second-order valence-corrected chi connectivity index (χ2v) is 6.52. The molecular weight excluding hydrogens is 326 g/mol. The van der Waals surface area contributed by atoms with Crippen molar-refractivity contribution in [3.8, 4) is 0 Å². The molecular formula is C19H18ClNO3. The summed E-state index contributed by atoms with van der Waals surface area (Å²) in [4.78, 5) is 24.3. The van der Waals surface area contributed by atoms with Gasteiger partial charge in [0.15, 0.2) is 6.61 Å². The molecule has 2 aromatic rings. The minimum atomic E-state index is -0.617. The van der Waals surface area contributed by atoms with Gasteiger partial charge in [-0.05, 0) is 55.2 Å². The van der Waals surface area contributed by atoms with E-state index < -0.39 is 5.41 Å². The Morgan fingerprint density at radius 3 is 2.50 bits per heavy atom. The first kappa shape index (κ1) is 16.5. The molecule has 24 heavy (non-hydrogen) atoms. The summed E-state index contributed by atoms with van der Waals surface area (Å²) in [5, 5.41) is 3.35. The van der Waals surface area contributed by atoms with Gasteiger partial charge in [0, 0.05) is 10.7 Å². The Balaban J connectivity index is 1.57. The molecule has 0 atom stereocenters. The van der Waals surface area contributed by atoms with Gasteiger partial charge in [0.2, 0.25) is 0 Å². The topological polar surface area (TPSA) is 55.4 Å². The first-order chi connectivity index (χ1) is 11.5. The first-order valence-electron chi connectivity index (χ1n) is 7.79. The standard InChI is InChI=1S/C19H18ClNO3/c1-13-3-2-4-16(11-13)21-17(22)12-24-18(23)19(9-10-19)14-5-7-15(20)8-6-14/h2-8,11H,9-10,12H2,1H3,(H,21,22). The molecule has 0 saturated heterocycles. The fraction of sp³-hybridized carbons (Fsp3) is 0.263. The van der Waals surface area contributed by atoms with Crippen LogP contribution in [0.4, 0.5) is 5.69 Å². The van der Waals surface area contributed by atoms with Crippen molar-refractivity contribution >= 4 is 29.2 Å². The smallest absolute Gasteiger partial charge is 0.317 e. The molecule has 0 bridgehead atoms. The highest BCUT2D eigenvalue weighted by atomic mass is 35.5. The quantitative estimate of drug-likeness (QED) is 0.839. The fourth-order valence-electron chi connectivity index (χ4n) is 2.69. The third-order valence-electron chi connectivity index (χ3n) is 4.17. The van der Waals surface area contributed by atoms with E-state index in [1.54, 1.807) is 18.2 Å². The Labute approximate surface area is 145 Å². The van der Waals surface area contributed by atoms with E-state index in [4.69, 9.17) is 16.3 Å². The van der Waals surface area contributed by atoms with E-state index in [2.05, 4.69) is 5.32 Å². The normalized spacial score (nSPS) is 14.8. The lowest BCUT2D eigenvalue weighted by molar-refractivity contribution is -0.150. The van der Waals surface area contributed by atoms with Gasteiger partial charge in [0.25, 0.3) is 5.91 Å². The van der Waals surface area contributed by atoms with Crippen LogP contribution in [0.15, 0.2) is 48.5 Å². The van der Waals surface area contributed by atoms with Crippen LogP contribution in [0.1, 0.15) is 24.0 Å². The Bertz CT molecular complexity index is 766. The Morgan fingerprint density at radius 1 is 1.17 bits per heavy atom. The van der Waals surface area contributed by atoms with Crippen molar-refractivity contribution in [1.82, 2.24) is 0 Å². The van der Waals surface area contributed by atoms with Crippen LogP contribution in [-0.2, 0) is 19.7 Å². The number of carbonyl (C=O) groups is 2. The number of anilines is 1. The molecule has 0 unspecified atom stereocenters. The van der Waals surface area contributed by atoms with Crippen molar-refractivity contribution in [2.45, 2.75) is 25.2 Å². The Hall–Kier alpha value is -2.33. The third-order valence-corrected chi connectivity index (χ3v) is 4.43. The van der Waals surface area contributed by atoms with Crippen LogP contribution < -0.4 is 5.32 Å². The van der Waals surface area contributed by atoms with Crippen LogP contribution in [0, 0.1) is 6.92 Å². The van der Waals surface area contributed by atoms with Gasteiger partial charge < -0.3 is 10.1 Å². The fourth-order valence-corrected chi connectivity index (χ4v) is 2.82. The second kappa shape index (κ2) is 6.65. The van der Waals surface area contributed by atoms with E-state index in [-0.39, 0.29) is 18.5 Å². The second-order valence-electron chi connectivity index (χ2n) is 6.08. The van der Waals surface area contributed by atoms with Crippen LogP contribution in [0.3, 0.4) is 0 Å². The maximum Gasteiger partial charge on any atom is 0.317 e. The molecule has 0 aliphatic heterocycles. The van der Waals surface area contributed by atoms with Crippen molar-refractivity contribution in [2.75, 3.05) is 11.9 Å². The minimum Gasteiger partial charge on any atom is -0.455 e. The van der Waals surface area contributed by atoms with Gasteiger partial charge in [0.1, 0.15) is 0 Å². The minimum absolute atomic E-state index is 0.290. The summed E-state index contributed by atoms with van der Waals surface area (Å²) in [6, 6.07) is 14.6. The maximum atomic E-state index is 12.4. The van der Waals surface area contributed by atoms with Gasteiger partial charge in [-0.3, -0.25) is 9.59 Å². The Morgan fingerprint density at radius 2 is 1.88 bits per heavy atom. The van der Waals surface area contributed by atoms with Gasteiger partial charge in [-0.15, -0.1) is 0 Å². The molecule has 0 spiro atoms. The van der Waals surface area contributed by atoms with E-state index in [0.29, 0.717) is 10.7 Å². The molecule has 1 aliphatic carbocycles. The number of ether oxygens (including phenoxy) is 1. The summed E-state index contributed by atoms with van der Waals surface area (Å²) in [6.45, 7) is 1.65. The number of esters is 1. The lowest BCUT2D eigenvalue weighted by Gasteiger charge is -2.15. The molecule has 124 valence electrons. The molecule has 2 aromatic carbocycles. The zero-order chi connectivity index (χ0) is 17.2. The zero-order valence-corrected chi connectivity index (χ0v) is 14.1. The molecule has 0 aromatic heterocycles. The summed E-state index contributed by atoms with van der Waals surface area (Å²) >= 11 is 5.88. The van der Waals surface area contributed by atoms with Crippen LogP contribution in [0.2, 0.25) is 5.02 Å². The van der Waals surface area contributed by atoms with Crippen molar-refractivity contribution < 1.29 is 14.3 Å². The third kappa shape index (κ3) is 3.60. The highest BCUT2D eigenvalue weighted by Gasteiger charge is 2.52. The number of aryl methyl sites for hydroxylation is 1. The van der Waals surface area contributed by atoms with Crippen molar-refractivity contribution in [3.05, 3.63) is 64.7 Å². The predicted molar refractivity (Wildman–Crippen MR) is 93.1 cm³/mol. The maximum absolute atomic E-state index is 12.4.